The van der Waals surface area contributed by atoms with Gasteiger partial charge in [0.15, 0.2) is 6.29 Å². The Morgan fingerprint density at radius 1 is 1.35 bits per heavy atom. The van der Waals surface area contributed by atoms with Crippen LogP contribution in [0.25, 0.3) is 0 Å². The number of nitrogens with zero attached hydrogens (tertiary/aromatic N) is 1. The number of sulfonamides is 1. The second-order valence-electron chi connectivity index (χ2n) is 5.19. The maximum atomic E-state index is 12.6. The van der Waals surface area contributed by atoms with Crippen molar-refractivity contribution < 1.29 is 32.2 Å². The number of carbonyl (C=O) groups excluding carboxylic acids is 2. The van der Waals surface area contributed by atoms with Gasteiger partial charge in [0.25, 0.3) is 10.0 Å². The summed E-state index contributed by atoms with van der Waals surface area (Å²) in [5, 5.41) is 6.39. The number of hydrogen-bond acceptors (Lipinski definition) is 8. The molecule has 10 nitrogen and oxygen atoms in total. The first kappa shape index (κ1) is 20.7. The molecule has 2 heterocycles. The highest BCUT2D eigenvalue weighted by Crippen LogP contribution is 2.25. The minimum absolute atomic E-state index is 0.00192. The van der Waals surface area contributed by atoms with Gasteiger partial charge in [-0.05, 0) is 11.4 Å². The molecule has 1 fully saturated rings. The van der Waals surface area contributed by atoms with E-state index in [9.17, 15) is 18.0 Å². The number of methoxy groups -OCH3 is 2. The second kappa shape index (κ2) is 9.39. The summed E-state index contributed by atoms with van der Waals surface area (Å²) in [6, 6.07) is 3.15. The molecule has 0 aromatic carbocycles. The molecular weight excluding hydrogens is 386 g/mol. The van der Waals surface area contributed by atoms with Crippen LogP contribution in [0.5, 0.6) is 0 Å². The number of amides is 2. The minimum Gasteiger partial charge on any atom is -0.359 e. The lowest BCUT2D eigenvalue weighted by Gasteiger charge is -2.22. The van der Waals surface area contributed by atoms with Crippen molar-refractivity contribution in [3.05, 3.63) is 17.5 Å². The van der Waals surface area contributed by atoms with Crippen molar-refractivity contribution in [1.29, 1.82) is 0 Å². The molecule has 0 aliphatic carbocycles. The molecule has 1 aromatic rings. The summed E-state index contributed by atoms with van der Waals surface area (Å²) in [5.41, 5.74) is 0. The number of hydrogen-bond donors (Lipinski definition) is 2. The Hall–Kier alpha value is -1.57. The normalized spacial score (nSPS) is 18.2. The third-order valence-corrected chi connectivity index (χ3v) is 6.86. The second-order valence-corrected chi connectivity index (χ2v) is 8.26. The molecule has 1 aliphatic rings. The highest BCUT2D eigenvalue weighted by atomic mass is 32.2. The summed E-state index contributed by atoms with van der Waals surface area (Å²) in [5.74, 6) is -1.78. The van der Waals surface area contributed by atoms with Gasteiger partial charge in [0, 0.05) is 20.8 Å². The third-order valence-electron chi connectivity index (χ3n) is 3.60. The number of rotatable bonds is 8. The van der Waals surface area contributed by atoms with E-state index in [0.29, 0.717) is 0 Å². The molecule has 0 bridgehead atoms. The number of ether oxygens (including phenoxy) is 3. The molecular formula is C14H21N3O7S2. The van der Waals surface area contributed by atoms with Gasteiger partial charge >= 0.3 is 11.8 Å². The molecule has 1 aliphatic heterocycles. The SMILES string of the molecule is COC(CNC(=O)C(=O)NC[C@H]1OCCN1S(=O)(=O)c1cccs1)OC. The van der Waals surface area contributed by atoms with Gasteiger partial charge in [-0.3, -0.25) is 9.59 Å². The fourth-order valence-electron chi connectivity index (χ4n) is 2.25. The number of nitrogens with one attached hydrogen (secondary N) is 2. The van der Waals surface area contributed by atoms with Gasteiger partial charge in [-0.1, -0.05) is 6.07 Å². The zero-order chi connectivity index (χ0) is 19.2. The van der Waals surface area contributed by atoms with Crippen molar-refractivity contribution in [2.24, 2.45) is 0 Å². The van der Waals surface area contributed by atoms with E-state index in [1.807, 2.05) is 0 Å². The highest BCUT2D eigenvalue weighted by Gasteiger charge is 2.37. The summed E-state index contributed by atoms with van der Waals surface area (Å²) in [4.78, 5) is 23.6. The van der Waals surface area contributed by atoms with Crippen molar-refractivity contribution in [2.45, 2.75) is 16.7 Å². The van der Waals surface area contributed by atoms with E-state index in [2.05, 4.69) is 10.6 Å². The predicted molar refractivity (Wildman–Crippen MR) is 91.8 cm³/mol. The minimum atomic E-state index is -3.70. The summed E-state index contributed by atoms with van der Waals surface area (Å²) in [6.45, 7) is 0.240. The molecule has 0 saturated carbocycles. The summed E-state index contributed by atoms with van der Waals surface area (Å²) in [6.07, 6.45) is -1.54. The Morgan fingerprint density at radius 2 is 2.04 bits per heavy atom. The Labute approximate surface area is 155 Å². The lowest BCUT2D eigenvalue weighted by molar-refractivity contribution is -0.142. The van der Waals surface area contributed by atoms with Crippen LogP contribution in [0.2, 0.25) is 0 Å². The zero-order valence-corrected chi connectivity index (χ0v) is 16.0. The standard InChI is InChI=1S/C14H21N3O7S2/c1-22-11(23-2)9-16-14(19)13(18)15-8-10-17(5-6-24-10)26(20,21)12-4-3-7-25-12/h3-4,7,10-11H,5-6,8-9H2,1-2H3,(H,15,18)(H,16,19)/t10-/m1/s1. The molecule has 1 aromatic heterocycles. The smallest absolute Gasteiger partial charge is 0.309 e. The topological polar surface area (TPSA) is 123 Å². The third kappa shape index (κ3) is 4.99. The number of thiophene rings is 1. The lowest BCUT2D eigenvalue weighted by atomic mass is 10.4. The Morgan fingerprint density at radius 3 is 2.65 bits per heavy atom. The van der Waals surface area contributed by atoms with Crippen LogP contribution < -0.4 is 10.6 Å². The molecule has 146 valence electrons. The molecule has 0 spiro atoms. The Bertz CT molecular complexity index is 704. The molecule has 1 saturated heterocycles. The van der Waals surface area contributed by atoms with E-state index in [1.165, 1.54) is 24.6 Å². The maximum Gasteiger partial charge on any atom is 0.309 e. The summed E-state index contributed by atoms with van der Waals surface area (Å²) in [7, 11) is -0.893. The van der Waals surface area contributed by atoms with Gasteiger partial charge in [0.05, 0.1) is 19.7 Å². The molecule has 2 N–H and O–H groups in total. The van der Waals surface area contributed by atoms with Gasteiger partial charge in [-0.2, -0.15) is 4.31 Å². The van der Waals surface area contributed by atoms with Crippen LogP contribution in [0.4, 0.5) is 0 Å². The predicted octanol–water partition coefficient (Wildman–Crippen LogP) is -1.05. The van der Waals surface area contributed by atoms with Crippen molar-refractivity contribution in [2.75, 3.05) is 40.5 Å². The van der Waals surface area contributed by atoms with Crippen molar-refractivity contribution in [3.63, 3.8) is 0 Å². The Kier molecular flexibility index (Phi) is 7.49. The van der Waals surface area contributed by atoms with Crippen LogP contribution in [-0.2, 0) is 33.8 Å². The van der Waals surface area contributed by atoms with Crippen LogP contribution in [-0.4, -0.2) is 77.5 Å². The number of carbonyl (C=O) groups is 2. The Balaban J connectivity index is 1.88. The van der Waals surface area contributed by atoms with Crippen molar-refractivity contribution in [3.8, 4) is 0 Å². The molecule has 1 atom stereocenters. The largest absolute Gasteiger partial charge is 0.359 e. The van der Waals surface area contributed by atoms with Gasteiger partial charge < -0.3 is 24.8 Å². The quantitative estimate of drug-likeness (QED) is 0.416. The van der Waals surface area contributed by atoms with Gasteiger partial charge in [0.1, 0.15) is 10.4 Å². The molecule has 12 heteroatoms. The average molecular weight is 407 g/mol. The maximum absolute atomic E-state index is 12.6. The van der Waals surface area contributed by atoms with Gasteiger partial charge in [-0.15, -0.1) is 11.3 Å². The first-order valence-corrected chi connectivity index (χ1v) is 10.0. The van der Waals surface area contributed by atoms with E-state index in [-0.39, 0.29) is 30.5 Å². The van der Waals surface area contributed by atoms with Crippen LogP contribution in [0.1, 0.15) is 0 Å². The lowest BCUT2D eigenvalue weighted by Crippen LogP contribution is -2.48. The van der Waals surface area contributed by atoms with E-state index in [0.717, 1.165) is 11.3 Å². The summed E-state index contributed by atoms with van der Waals surface area (Å²) >= 11 is 1.10. The van der Waals surface area contributed by atoms with Crippen molar-refractivity contribution >= 4 is 33.2 Å². The average Bonchev–Trinajstić information content (AvgIpc) is 3.32. The van der Waals surface area contributed by atoms with Gasteiger partial charge in [-0.25, -0.2) is 8.42 Å². The van der Waals surface area contributed by atoms with Crippen LogP contribution in [0, 0.1) is 0 Å². The fraction of sp³-hybridized carbons (Fsp3) is 0.571. The first-order valence-electron chi connectivity index (χ1n) is 7.68. The van der Waals surface area contributed by atoms with Gasteiger partial charge in [0.2, 0.25) is 0 Å². The van der Waals surface area contributed by atoms with Crippen LogP contribution in [0.3, 0.4) is 0 Å². The van der Waals surface area contributed by atoms with E-state index in [4.69, 9.17) is 14.2 Å². The summed E-state index contributed by atoms with van der Waals surface area (Å²) < 4.78 is 41.7. The van der Waals surface area contributed by atoms with Crippen LogP contribution in [0.15, 0.2) is 21.7 Å². The van der Waals surface area contributed by atoms with E-state index >= 15 is 0 Å². The van der Waals surface area contributed by atoms with E-state index in [1.54, 1.807) is 11.4 Å². The van der Waals surface area contributed by atoms with E-state index < -0.39 is 34.4 Å². The monoisotopic (exact) mass is 407 g/mol. The highest BCUT2D eigenvalue weighted by molar-refractivity contribution is 7.91. The molecule has 26 heavy (non-hydrogen) atoms. The molecule has 0 unspecified atom stereocenters. The molecule has 0 radical (unpaired) electrons. The van der Waals surface area contributed by atoms with Crippen LogP contribution >= 0.6 is 11.3 Å². The zero-order valence-electron chi connectivity index (χ0n) is 14.3. The molecule has 2 rings (SSSR count). The fourth-order valence-corrected chi connectivity index (χ4v) is 4.88. The molecule has 2 amide bonds. The van der Waals surface area contributed by atoms with Crippen molar-refractivity contribution in [1.82, 2.24) is 14.9 Å². The first-order chi connectivity index (χ1) is 12.4.